The lowest BCUT2D eigenvalue weighted by Gasteiger charge is -2.41. The van der Waals surface area contributed by atoms with E-state index in [1.165, 1.54) is 6.92 Å². The van der Waals surface area contributed by atoms with Crippen molar-refractivity contribution >= 4 is 5.91 Å². The van der Waals surface area contributed by atoms with Crippen LogP contribution < -0.4 is 0 Å². The topological polar surface area (TPSA) is 23.6 Å². The van der Waals surface area contributed by atoms with Crippen molar-refractivity contribution in [2.45, 2.75) is 25.7 Å². The molecule has 3 nitrogen and oxygen atoms in total. The molecule has 0 N–H and O–H groups in total. The number of benzene rings is 1. The first-order valence-electron chi connectivity index (χ1n) is 6.48. The second-order valence-corrected chi connectivity index (χ2v) is 4.99. The fourth-order valence-corrected chi connectivity index (χ4v) is 2.48. The number of hydrogen-bond donors (Lipinski definition) is 0. The maximum atomic E-state index is 13.0. The summed E-state index contributed by atoms with van der Waals surface area (Å²) in [6.45, 7) is 2.07. The van der Waals surface area contributed by atoms with Gasteiger partial charge < -0.3 is 4.90 Å². The van der Waals surface area contributed by atoms with Crippen molar-refractivity contribution in [1.82, 2.24) is 9.80 Å². The molecule has 1 amide bonds. The molecule has 1 aromatic rings. The molecule has 1 aliphatic rings. The Bertz CT molecular complexity index is 461. The molecule has 0 aromatic heterocycles. The minimum Gasteiger partial charge on any atom is -0.328 e. The minimum absolute atomic E-state index is 0.117. The van der Waals surface area contributed by atoms with Gasteiger partial charge in [-0.15, -0.1) is 0 Å². The smallest absolute Gasteiger partial charge is 0.328 e. The monoisotopic (exact) mass is 286 g/mol. The summed E-state index contributed by atoms with van der Waals surface area (Å²) < 4.78 is 39.1. The molecular formula is C14H17F3N2O. The maximum Gasteiger partial charge on any atom is 0.410 e. The average molecular weight is 286 g/mol. The van der Waals surface area contributed by atoms with Crippen LogP contribution in [0.4, 0.5) is 13.2 Å². The lowest BCUT2D eigenvalue weighted by Crippen LogP contribution is -2.59. The number of hydrogen-bond acceptors (Lipinski definition) is 2. The quantitative estimate of drug-likeness (QED) is 0.833. The lowest BCUT2D eigenvalue weighted by atomic mass is 10.1. The Hall–Kier alpha value is -1.56. The standard InChI is InChI=1S/C14H17F3N2O/c1-11(20)19-8-7-18(10-13(19)14(15,16)17)9-12-5-3-2-4-6-12/h2-6,13H,7-10H2,1H3. The molecule has 1 aromatic carbocycles. The number of amides is 1. The van der Waals surface area contributed by atoms with Gasteiger partial charge in [0.1, 0.15) is 6.04 Å². The molecule has 1 aliphatic heterocycles. The van der Waals surface area contributed by atoms with E-state index in [9.17, 15) is 18.0 Å². The Morgan fingerprint density at radius 2 is 1.90 bits per heavy atom. The molecule has 0 aliphatic carbocycles. The summed E-state index contributed by atoms with van der Waals surface area (Å²) in [6, 6.07) is 7.66. The van der Waals surface area contributed by atoms with E-state index in [0.717, 1.165) is 10.5 Å². The normalized spacial score (nSPS) is 21.0. The van der Waals surface area contributed by atoms with E-state index in [1.54, 1.807) is 4.90 Å². The molecule has 20 heavy (non-hydrogen) atoms. The van der Waals surface area contributed by atoms with Gasteiger partial charge in [0.25, 0.3) is 0 Å². The summed E-state index contributed by atoms with van der Waals surface area (Å²) in [5.41, 5.74) is 0.977. The molecule has 1 heterocycles. The highest BCUT2D eigenvalue weighted by atomic mass is 19.4. The average Bonchev–Trinajstić information content (AvgIpc) is 2.38. The molecule has 0 bridgehead atoms. The van der Waals surface area contributed by atoms with Gasteiger partial charge in [-0.25, -0.2) is 0 Å². The minimum atomic E-state index is -4.39. The summed E-state index contributed by atoms with van der Waals surface area (Å²) >= 11 is 0. The molecule has 0 saturated carbocycles. The van der Waals surface area contributed by atoms with Crippen molar-refractivity contribution in [3.63, 3.8) is 0 Å². The second-order valence-electron chi connectivity index (χ2n) is 4.99. The molecule has 6 heteroatoms. The van der Waals surface area contributed by atoms with Gasteiger partial charge in [-0.1, -0.05) is 30.3 Å². The maximum absolute atomic E-state index is 13.0. The Morgan fingerprint density at radius 3 is 2.45 bits per heavy atom. The third-order valence-corrected chi connectivity index (χ3v) is 3.50. The number of piperazine rings is 1. The second kappa shape index (κ2) is 5.83. The molecule has 0 radical (unpaired) electrons. The van der Waals surface area contributed by atoms with Gasteiger partial charge in [-0.05, 0) is 5.56 Å². The molecule has 1 fully saturated rings. The van der Waals surface area contributed by atoms with Crippen LogP contribution in [-0.4, -0.2) is 47.6 Å². The number of halogens is 3. The van der Waals surface area contributed by atoms with Gasteiger partial charge in [0.05, 0.1) is 0 Å². The van der Waals surface area contributed by atoms with Crippen molar-refractivity contribution in [3.05, 3.63) is 35.9 Å². The van der Waals surface area contributed by atoms with E-state index in [4.69, 9.17) is 0 Å². The molecule has 1 unspecified atom stereocenters. The zero-order valence-corrected chi connectivity index (χ0v) is 11.2. The van der Waals surface area contributed by atoms with Gasteiger partial charge in [0, 0.05) is 33.1 Å². The largest absolute Gasteiger partial charge is 0.410 e. The lowest BCUT2D eigenvalue weighted by molar-refractivity contribution is -0.200. The Labute approximate surface area is 116 Å². The molecule has 0 spiro atoms. The third kappa shape index (κ3) is 3.50. The van der Waals surface area contributed by atoms with Crippen LogP contribution in [0.2, 0.25) is 0 Å². The first-order valence-corrected chi connectivity index (χ1v) is 6.48. The van der Waals surface area contributed by atoms with Crippen LogP contribution >= 0.6 is 0 Å². The molecule has 1 atom stereocenters. The predicted molar refractivity (Wildman–Crippen MR) is 68.9 cm³/mol. The van der Waals surface area contributed by atoms with Crippen LogP contribution in [0.3, 0.4) is 0 Å². The van der Waals surface area contributed by atoms with E-state index >= 15 is 0 Å². The summed E-state index contributed by atoms with van der Waals surface area (Å²) in [5.74, 6) is -0.522. The Kier molecular flexibility index (Phi) is 4.32. The van der Waals surface area contributed by atoms with E-state index in [1.807, 2.05) is 30.3 Å². The predicted octanol–water partition coefficient (Wildman–Crippen LogP) is 2.28. The fourth-order valence-electron chi connectivity index (χ4n) is 2.48. The first kappa shape index (κ1) is 14.8. The molecule has 110 valence electrons. The fraction of sp³-hybridized carbons (Fsp3) is 0.500. The zero-order valence-electron chi connectivity index (χ0n) is 11.2. The number of alkyl halides is 3. The highest BCUT2D eigenvalue weighted by Crippen LogP contribution is 2.28. The third-order valence-electron chi connectivity index (χ3n) is 3.50. The van der Waals surface area contributed by atoms with Gasteiger partial charge in [0.2, 0.25) is 5.91 Å². The van der Waals surface area contributed by atoms with E-state index in [-0.39, 0.29) is 13.1 Å². The summed E-state index contributed by atoms with van der Waals surface area (Å²) in [7, 11) is 0. The van der Waals surface area contributed by atoms with E-state index < -0.39 is 18.1 Å². The van der Waals surface area contributed by atoms with Crippen LogP contribution in [0, 0.1) is 0 Å². The zero-order chi connectivity index (χ0) is 14.8. The van der Waals surface area contributed by atoms with Gasteiger partial charge >= 0.3 is 6.18 Å². The highest BCUT2D eigenvalue weighted by molar-refractivity contribution is 5.73. The molecular weight excluding hydrogens is 269 g/mol. The number of carbonyl (C=O) groups excluding carboxylic acids is 1. The van der Waals surface area contributed by atoms with Crippen LogP contribution in [0.25, 0.3) is 0 Å². The van der Waals surface area contributed by atoms with Gasteiger partial charge in [-0.3, -0.25) is 9.69 Å². The summed E-state index contributed by atoms with van der Waals surface area (Å²) in [5, 5.41) is 0. The van der Waals surface area contributed by atoms with E-state index in [2.05, 4.69) is 0 Å². The van der Waals surface area contributed by atoms with Crippen LogP contribution in [0.1, 0.15) is 12.5 Å². The van der Waals surface area contributed by atoms with Crippen LogP contribution in [0.15, 0.2) is 30.3 Å². The molecule has 1 saturated heterocycles. The summed E-state index contributed by atoms with van der Waals surface area (Å²) in [6.07, 6.45) is -4.39. The van der Waals surface area contributed by atoms with Crippen LogP contribution in [-0.2, 0) is 11.3 Å². The summed E-state index contributed by atoms with van der Waals surface area (Å²) in [4.78, 5) is 14.0. The number of nitrogens with zero attached hydrogens (tertiary/aromatic N) is 2. The van der Waals surface area contributed by atoms with Crippen molar-refractivity contribution in [1.29, 1.82) is 0 Å². The van der Waals surface area contributed by atoms with Crippen LogP contribution in [0.5, 0.6) is 0 Å². The number of carbonyl (C=O) groups is 1. The van der Waals surface area contributed by atoms with Crippen molar-refractivity contribution in [2.75, 3.05) is 19.6 Å². The van der Waals surface area contributed by atoms with Crippen molar-refractivity contribution in [2.24, 2.45) is 0 Å². The van der Waals surface area contributed by atoms with Crippen molar-refractivity contribution in [3.8, 4) is 0 Å². The van der Waals surface area contributed by atoms with E-state index in [0.29, 0.717) is 13.1 Å². The van der Waals surface area contributed by atoms with Gasteiger partial charge in [-0.2, -0.15) is 13.2 Å². The Balaban J connectivity index is 2.07. The highest BCUT2D eigenvalue weighted by Gasteiger charge is 2.47. The molecule has 2 rings (SSSR count). The number of rotatable bonds is 2. The first-order chi connectivity index (χ1) is 9.38. The van der Waals surface area contributed by atoms with Crippen molar-refractivity contribution < 1.29 is 18.0 Å². The van der Waals surface area contributed by atoms with Gasteiger partial charge in [0.15, 0.2) is 0 Å². The Morgan fingerprint density at radius 1 is 1.25 bits per heavy atom. The SMILES string of the molecule is CC(=O)N1CCN(Cc2ccccc2)CC1C(F)(F)F.